The topological polar surface area (TPSA) is 35.2 Å². The second kappa shape index (κ2) is 6.14. The standard InChI is InChI=1S/C14H21F2NO/c1-14(2,6-7-17)5-4-11-12(15)8-10(18-3)9-13(11)16/h8-9H,4-7,17H2,1-3H3. The van der Waals surface area contributed by atoms with E-state index in [2.05, 4.69) is 13.8 Å². The van der Waals surface area contributed by atoms with Gasteiger partial charge in [-0.3, -0.25) is 0 Å². The molecule has 0 unspecified atom stereocenters. The summed E-state index contributed by atoms with van der Waals surface area (Å²) in [6.45, 7) is 4.69. The predicted molar refractivity (Wildman–Crippen MR) is 68.7 cm³/mol. The summed E-state index contributed by atoms with van der Waals surface area (Å²) in [4.78, 5) is 0. The van der Waals surface area contributed by atoms with Gasteiger partial charge in [0.2, 0.25) is 0 Å². The van der Waals surface area contributed by atoms with Gasteiger partial charge in [0.05, 0.1) is 7.11 Å². The van der Waals surface area contributed by atoms with Crippen molar-refractivity contribution in [3.8, 4) is 5.75 Å². The van der Waals surface area contributed by atoms with Crippen molar-refractivity contribution in [3.63, 3.8) is 0 Å². The van der Waals surface area contributed by atoms with E-state index in [1.807, 2.05) is 0 Å². The lowest BCUT2D eigenvalue weighted by Crippen LogP contribution is -2.18. The largest absolute Gasteiger partial charge is 0.497 e. The normalized spacial score (nSPS) is 11.7. The summed E-state index contributed by atoms with van der Waals surface area (Å²) in [5.74, 6) is -0.888. The minimum atomic E-state index is -0.546. The highest BCUT2D eigenvalue weighted by Gasteiger charge is 2.19. The summed E-state index contributed by atoms with van der Waals surface area (Å²) in [5.41, 5.74) is 5.64. The van der Waals surface area contributed by atoms with Crippen LogP contribution in [-0.2, 0) is 6.42 Å². The zero-order valence-electron chi connectivity index (χ0n) is 11.2. The molecule has 0 aliphatic heterocycles. The zero-order chi connectivity index (χ0) is 13.8. The van der Waals surface area contributed by atoms with E-state index < -0.39 is 11.6 Å². The Balaban J connectivity index is 2.79. The Morgan fingerprint density at radius 3 is 2.17 bits per heavy atom. The van der Waals surface area contributed by atoms with E-state index in [0.29, 0.717) is 19.4 Å². The molecule has 2 N–H and O–H groups in total. The van der Waals surface area contributed by atoms with E-state index >= 15 is 0 Å². The molecular formula is C14H21F2NO. The van der Waals surface area contributed by atoms with Crippen LogP contribution in [0.5, 0.6) is 5.75 Å². The SMILES string of the molecule is COc1cc(F)c(CCC(C)(C)CCN)c(F)c1. The minimum Gasteiger partial charge on any atom is -0.497 e. The van der Waals surface area contributed by atoms with Crippen LogP contribution in [0.4, 0.5) is 8.78 Å². The lowest BCUT2D eigenvalue weighted by Gasteiger charge is -2.24. The molecule has 0 bridgehead atoms. The maximum atomic E-state index is 13.7. The Morgan fingerprint density at radius 2 is 1.72 bits per heavy atom. The first-order chi connectivity index (χ1) is 8.39. The van der Waals surface area contributed by atoms with Gasteiger partial charge in [-0.25, -0.2) is 8.78 Å². The van der Waals surface area contributed by atoms with Crippen LogP contribution < -0.4 is 10.5 Å². The van der Waals surface area contributed by atoms with Crippen LogP contribution in [0.25, 0.3) is 0 Å². The lowest BCUT2D eigenvalue weighted by molar-refractivity contribution is 0.309. The number of methoxy groups -OCH3 is 1. The third-order valence-corrected chi connectivity index (χ3v) is 3.22. The second-order valence-electron chi connectivity index (χ2n) is 5.27. The Bertz CT molecular complexity index is 382. The van der Waals surface area contributed by atoms with Gasteiger partial charge in [0.25, 0.3) is 0 Å². The van der Waals surface area contributed by atoms with Gasteiger partial charge in [-0.05, 0) is 31.2 Å². The molecule has 0 spiro atoms. The van der Waals surface area contributed by atoms with Gasteiger partial charge in [0.1, 0.15) is 17.4 Å². The van der Waals surface area contributed by atoms with Gasteiger partial charge >= 0.3 is 0 Å². The van der Waals surface area contributed by atoms with Crippen molar-refractivity contribution in [2.75, 3.05) is 13.7 Å². The molecule has 4 heteroatoms. The number of halogens is 2. The van der Waals surface area contributed by atoms with Crippen molar-refractivity contribution in [3.05, 3.63) is 29.3 Å². The summed E-state index contributed by atoms with van der Waals surface area (Å²) < 4.78 is 32.2. The number of hydrogen-bond donors (Lipinski definition) is 1. The minimum absolute atomic E-state index is 0.00639. The van der Waals surface area contributed by atoms with Crippen LogP contribution >= 0.6 is 0 Å². The maximum Gasteiger partial charge on any atom is 0.133 e. The summed E-state index contributed by atoms with van der Waals surface area (Å²) >= 11 is 0. The Labute approximate surface area is 107 Å². The molecule has 1 aromatic rings. The number of ether oxygens (including phenoxy) is 1. The molecule has 1 aromatic carbocycles. The fraction of sp³-hybridized carbons (Fsp3) is 0.571. The highest BCUT2D eigenvalue weighted by Crippen LogP contribution is 2.29. The van der Waals surface area contributed by atoms with E-state index in [0.717, 1.165) is 6.42 Å². The number of hydrogen-bond acceptors (Lipinski definition) is 2. The first-order valence-electron chi connectivity index (χ1n) is 6.11. The van der Waals surface area contributed by atoms with Crippen molar-refractivity contribution < 1.29 is 13.5 Å². The maximum absolute atomic E-state index is 13.7. The van der Waals surface area contributed by atoms with E-state index in [1.54, 1.807) is 0 Å². The molecule has 0 amide bonds. The molecule has 2 nitrogen and oxygen atoms in total. The summed E-state index contributed by atoms with van der Waals surface area (Å²) in [7, 11) is 1.39. The predicted octanol–water partition coefficient (Wildman–Crippen LogP) is 3.28. The number of rotatable bonds is 6. The monoisotopic (exact) mass is 257 g/mol. The van der Waals surface area contributed by atoms with Crippen molar-refractivity contribution in [2.45, 2.75) is 33.1 Å². The molecule has 0 radical (unpaired) electrons. The molecule has 0 aliphatic rings. The summed E-state index contributed by atoms with van der Waals surface area (Å²) in [6.07, 6.45) is 1.91. The van der Waals surface area contributed by atoms with E-state index in [9.17, 15) is 8.78 Å². The molecule has 0 fully saturated rings. The molecule has 0 atom stereocenters. The molecule has 18 heavy (non-hydrogen) atoms. The fourth-order valence-electron chi connectivity index (χ4n) is 1.92. The lowest BCUT2D eigenvalue weighted by atomic mass is 9.83. The van der Waals surface area contributed by atoms with Crippen LogP contribution in [0.1, 0.15) is 32.3 Å². The van der Waals surface area contributed by atoms with Crippen molar-refractivity contribution >= 4 is 0 Å². The van der Waals surface area contributed by atoms with Gasteiger partial charge in [0, 0.05) is 17.7 Å². The van der Waals surface area contributed by atoms with Gasteiger partial charge in [-0.1, -0.05) is 13.8 Å². The highest BCUT2D eigenvalue weighted by molar-refractivity contribution is 5.30. The van der Waals surface area contributed by atoms with Crippen LogP contribution in [0.15, 0.2) is 12.1 Å². The highest BCUT2D eigenvalue weighted by atomic mass is 19.1. The zero-order valence-corrected chi connectivity index (χ0v) is 11.2. The van der Waals surface area contributed by atoms with E-state index in [-0.39, 0.29) is 16.7 Å². The quantitative estimate of drug-likeness (QED) is 0.848. The summed E-state index contributed by atoms with van der Waals surface area (Å²) in [5, 5.41) is 0. The van der Waals surface area contributed by atoms with Crippen molar-refractivity contribution in [1.82, 2.24) is 0 Å². The van der Waals surface area contributed by atoms with Crippen molar-refractivity contribution in [1.29, 1.82) is 0 Å². The van der Waals surface area contributed by atoms with E-state index in [4.69, 9.17) is 10.5 Å². The van der Waals surface area contributed by atoms with Gasteiger partial charge in [0.15, 0.2) is 0 Å². The molecule has 0 aromatic heterocycles. The van der Waals surface area contributed by atoms with Gasteiger partial charge < -0.3 is 10.5 Å². The Morgan fingerprint density at radius 1 is 1.17 bits per heavy atom. The second-order valence-corrected chi connectivity index (χ2v) is 5.27. The average molecular weight is 257 g/mol. The molecule has 102 valence electrons. The van der Waals surface area contributed by atoms with Gasteiger partial charge in [-0.15, -0.1) is 0 Å². The molecule has 0 aliphatic carbocycles. The smallest absolute Gasteiger partial charge is 0.133 e. The van der Waals surface area contributed by atoms with Crippen molar-refractivity contribution in [2.24, 2.45) is 11.1 Å². The van der Waals surface area contributed by atoms with Crippen LogP contribution in [0.2, 0.25) is 0 Å². The third kappa shape index (κ3) is 3.95. The fourth-order valence-corrected chi connectivity index (χ4v) is 1.92. The molecule has 0 saturated heterocycles. The molecule has 1 rings (SSSR count). The summed E-state index contributed by atoms with van der Waals surface area (Å²) in [6, 6.07) is 2.43. The van der Waals surface area contributed by atoms with E-state index in [1.165, 1.54) is 19.2 Å². The number of benzene rings is 1. The molecule has 0 heterocycles. The van der Waals surface area contributed by atoms with Crippen LogP contribution in [-0.4, -0.2) is 13.7 Å². The first-order valence-corrected chi connectivity index (χ1v) is 6.11. The number of nitrogens with two attached hydrogens (primary N) is 1. The van der Waals surface area contributed by atoms with Crippen LogP contribution in [0, 0.1) is 17.0 Å². The Hall–Kier alpha value is -1.16. The third-order valence-electron chi connectivity index (χ3n) is 3.22. The van der Waals surface area contributed by atoms with Gasteiger partial charge in [-0.2, -0.15) is 0 Å². The van der Waals surface area contributed by atoms with Crippen LogP contribution in [0.3, 0.4) is 0 Å². The molecule has 0 saturated carbocycles. The first kappa shape index (κ1) is 14.9. The molecular weight excluding hydrogens is 236 g/mol. The Kier molecular flexibility index (Phi) is 5.08. The average Bonchev–Trinajstić information content (AvgIpc) is 2.27.